The van der Waals surface area contributed by atoms with Crippen LogP contribution in [0.2, 0.25) is 5.02 Å². The standard InChI is InChI=1S/C35H36ClN5O5S/c1-21(2)45-31-16-24-19-40(34(42)46-35(4,5)6)18-23(24)15-29(31)38-33-37-17-28(36)32(39-33)27-20-41(30-10-8-7-9-26(27)30)47(43,44)25-13-11-22(3)12-14-25/h7-17,20-21H,18-19H2,1-6H3,(H,37,38,39). The molecule has 1 aliphatic heterocycles. The number of rotatable bonds is 7. The molecule has 12 heteroatoms. The summed E-state index contributed by atoms with van der Waals surface area (Å²) in [6.07, 6.45) is 2.52. The lowest BCUT2D eigenvalue weighted by Crippen LogP contribution is -2.33. The molecule has 0 bridgehead atoms. The van der Waals surface area contributed by atoms with E-state index >= 15 is 0 Å². The van der Waals surface area contributed by atoms with Crippen molar-refractivity contribution in [2.45, 2.75) is 71.2 Å². The first-order valence-electron chi connectivity index (χ1n) is 15.2. The fourth-order valence-corrected chi connectivity index (χ4v) is 6.99. The first-order chi connectivity index (χ1) is 22.2. The summed E-state index contributed by atoms with van der Waals surface area (Å²) >= 11 is 6.67. The molecule has 0 aliphatic carbocycles. The normalized spacial score (nSPS) is 13.2. The summed E-state index contributed by atoms with van der Waals surface area (Å²) in [5.41, 5.74) is 4.25. The Bertz CT molecular complexity index is 2100. The first kappa shape index (κ1) is 32.3. The van der Waals surface area contributed by atoms with Gasteiger partial charge in [0.2, 0.25) is 5.95 Å². The van der Waals surface area contributed by atoms with Gasteiger partial charge >= 0.3 is 6.09 Å². The molecule has 0 saturated heterocycles. The molecule has 47 heavy (non-hydrogen) atoms. The van der Waals surface area contributed by atoms with Crippen LogP contribution in [0.15, 0.2) is 78.0 Å². The summed E-state index contributed by atoms with van der Waals surface area (Å²) < 4.78 is 40.6. The number of fused-ring (bicyclic) bond motifs is 2. The molecule has 0 radical (unpaired) electrons. The van der Waals surface area contributed by atoms with Gasteiger partial charge in [0, 0.05) is 30.2 Å². The Kier molecular flexibility index (Phi) is 8.39. The van der Waals surface area contributed by atoms with Gasteiger partial charge in [-0.05, 0) is 83.0 Å². The van der Waals surface area contributed by atoms with Crippen LogP contribution >= 0.6 is 11.6 Å². The summed E-state index contributed by atoms with van der Waals surface area (Å²) in [5.74, 6) is 0.809. The molecule has 0 spiro atoms. The monoisotopic (exact) mass is 673 g/mol. The molecule has 6 rings (SSSR count). The van der Waals surface area contributed by atoms with Crippen LogP contribution in [0, 0.1) is 6.92 Å². The molecule has 1 aliphatic rings. The lowest BCUT2D eigenvalue weighted by atomic mass is 10.1. The number of benzene rings is 3. The Morgan fingerprint density at radius 3 is 2.38 bits per heavy atom. The largest absolute Gasteiger partial charge is 0.489 e. The zero-order chi connectivity index (χ0) is 33.7. The number of hydrogen-bond donors (Lipinski definition) is 1. The zero-order valence-electron chi connectivity index (χ0n) is 27.0. The lowest BCUT2D eigenvalue weighted by molar-refractivity contribution is 0.0241. The number of ether oxygens (including phenoxy) is 2. The molecular weight excluding hydrogens is 638 g/mol. The van der Waals surface area contributed by atoms with Crippen molar-refractivity contribution >= 4 is 50.3 Å². The van der Waals surface area contributed by atoms with Crippen molar-refractivity contribution in [3.05, 3.63) is 94.8 Å². The smallest absolute Gasteiger partial charge is 0.410 e. The van der Waals surface area contributed by atoms with Crippen molar-refractivity contribution in [2.24, 2.45) is 0 Å². The van der Waals surface area contributed by atoms with E-state index in [0.717, 1.165) is 16.7 Å². The number of carbonyl (C=O) groups is 1. The number of hydrogen-bond acceptors (Lipinski definition) is 8. The van der Waals surface area contributed by atoms with E-state index in [1.54, 1.807) is 47.5 Å². The molecule has 5 aromatic rings. The van der Waals surface area contributed by atoms with Crippen LogP contribution < -0.4 is 10.1 Å². The second-order valence-corrected chi connectivity index (χ2v) is 15.0. The lowest BCUT2D eigenvalue weighted by Gasteiger charge is -2.24. The van der Waals surface area contributed by atoms with Crippen molar-refractivity contribution in [1.82, 2.24) is 18.8 Å². The van der Waals surface area contributed by atoms with Crippen molar-refractivity contribution in [3.8, 4) is 17.0 Å². The van der Waals surface area contributed by atoms with Gasteiger partial charge in [-0.2, -0.15) is 0 Å². The Balaban J connectivity index is 1.37. The van der Waals surface area contributed by atoms with Crippen molar-refractivity contribution in [3.63, 3.8) is 0 Å². The Morgan fingerprint density at radius 2 is 1.70 bits per heavy atom. The van der Waals surface area contributed by atoms with Gasteiger partial charge < -0.3 is 14.8 Å². The highest BCUT2D eigenvalue weighted by Crippen LogP contribution is 2.39. The van der Waals surface area contributed by atoms with Crippen LogP contribution in [0.3, 0.4) is 0 Å². The molecule has 1 N–H and O–H groups in total. The molecule has 0 fully saturated rings. The number of aromatic nitrogens is 3. The highest BCUT2D eigenvalue weighted by molar-refractivity contribution is 7.90. The van der Waals surface area contributed by atoms with Crippen molar-refractivity contribution in [2.75, 3.05) is 5.32 Å². The van der Waals surface area contributed by atoms with Crippen LogP contribution in [0.4, 0.5) is 16.4 Å². The first-order valence-corrected chi connectivity index (χ1v) is 17.0. The molecule has 0 atom stereocenters. The minimum absolute atomic E-state index is 0.125. The molecule has 3 heterocycles. The van der Waals surface area contributed by atoms with Gasteiger partial charge in [-0.1, -0.05) is 47.5 Å². The molecule has 3 aromatic carbocycles. The molecule has 0 unspecified atom stereocenters. The number of nitrogens with zero attached hydrogens (tertiary/aromatic N) is 4. The van der Waals surface area contributed by atoms with Crippen LogP contribution in [0.5, 0.6) is 5.75 Å². The van der Waals surface area contributed by atoms with Crippen molar-refractivity contribution in [1.29, 1.82) is 0 Å². The second-order valence-electron chi connectivity index (χ2n) is 12.8. The zero-order valence-corrected chi connectivity index (χ0v) is 28.6. The van der Waals surface area contributed by atoms with E-state index < -0.39 is 15.6 Å². The molecule has 1 amide bonds. The quantitative estimate of drug-likeness (QED) is 0.184. The van der Waals surface area contributed by atoms with Gasteiger partial charge in [-0.15, -0.1) is 0 Å². The fraction of sp³-hybridized carbons (Fsp3) is 0.286. The number of aryl methyl sites for hydroxylation is 1. The SMILES string of the molecule is Cc1ccc(S(=O)(=O)n2cc(-c3nc(Nc4cc5c(cc4OC(C)C)CN(C(=O)OC(C)(C)C)C5)ncc3Cl)c3ccccc32)cc1. The third kappa shape index (κ3) is 6.63. The van der Waals surface area contributed by atoms with Crippen LogP contribution in [0.1, 0.15) is 51.3 Å². The molecule has 10 nitrogen and oxygen atoms in total. The highest BCUT2D eigenvalue weighted by atomic mass is 35.5. The third-order valence-electron chi connectivity index (χ3n) is 7.54. The maximum absolute atomic E-state index is 13.8. The topological polar surface area (TPSA) is 116 Å². The van der Waals surface area contributed by atoms with E-state index in [-0.39, 0.29) is 28.1 Å². The van der Waals surface area contributed by atoms with E-state index in [2.05, 4.69) is 10.3 Å². The summed E-state index contributed by atoms with van der Waals surface area (Å²) in [5, 5.41) is 4.20. The maximum atomic E-state index is 13.8. The minimum Gasteiger partial charge on any atom is -0.489 e. The van der Waals surface area contributed by atoms with Gasteiger partial charge in [-0.25, -0.2) is 27.2 Å². The van der Waals surface area contributed by atoms with Crippen molar-refractivity contribution < 1.29 is 22.7 Å². The Morgan fingerprint density at radius 1 is 1.02 bits per heavy atom. The van der Waals surface area contributed by atoms with Crippen LogP contribution in [-0.4, -0.2) is 45.1 Å². The molecule has 2 aromatic heterocycles. The maximum Gasteiger partial charge on any atom is 0.410 e. The summed E-state index contributed by atoms with van der Waals surface area (Å²) in [6, 6.07) is 17.8. The number of para-hydroxylation sites is 1. The van der Waals surface area contributed by atoms with E-state index in [9.17, 15) is 13.2 Å². The third-order valence-corrected chi connectivity index (χ3v) is 9.50. The van der Waals surface area contributed by atoms with E-state index in [1.165, 1.54) is 10.2 Å². The average molecular weight is 674 g/mol. The average Bonchev–Trinajstić information content (AvgIpc) is 3.59. The molecule has 0 saturated carbocycles. The fourth-order valence-electron chi connectivity index (χ4n) is 5.43. The second kappa shape index (κ2) is 12.2. The summed E-state index contributed by atoms with van der Waals surface area (Å²) in [6.45, 7) is 12.1. The van der Waals surface area contributed by atoms with Gasteiger partial charge in [0.1, 0.15) is 11.4 Å². The molecular formula is C35H36ClN5O5S. The summed E-state index contributed by atoms with van der Waals surface area (Å²) in [7, 11) is -3.92. The van der Waals surface area contributed by atoms with Gasteiger partial charge in [0.15, 0.2) is 0 Å². The van der Waals surface area contributed by atoms with Gasteiger partial charge in [-0.3, -0.25) is 4.90 Å². The van der Waals surface area contributed by atoms with E-state index in [4.69, 9.17) is 26.1 Å². The van der Waals surface area contributed by atoms with Crippen LogP contribution in [-0.2, 0) is 27.8 Å². The van der Waals surface area contributed by atoms with Crippen LogP contribution in [0.25, 0.3) is 22.2 Å². The number of amides is 1. The van der Waals surface area contributed by atoms with Gasteiger partial charge in [0.25, 0.3) is 10.0 Å². The highest BCUT2D eigenvalue weighted by Gasteiger charge is 2.30. The van der Waals surface area contributed by atoms with Gasteiger partial charge in [0.05, 0.1) is 39.1 Å². The Hall–Kier alpha value is -4.61. The number of carbonyl (C=O) groups excluding carboxylic acids is 1. The predicted molar refractivity (Wildman–Crippen MR) is 183 cm³/mol. The number of halogens is 1. The predicted octanol–water partition coefficient (Wildman–Crippen LogP) is 8.08. The van der Waals surface area contributed by atoms with E-state index in [1.807, 2.05) is 65.8 Å². The molecule has 244 valence electrons. The number of anilines is 2. The summed E-state index contributed by atoms with van der Waals surface area (Å²) in [4.78, 5) is 23.8. The number of nitrogens with one attached hydrogen (secondary N) is 1. The minimum atomic E-state index is -3.92. The Labute approximate surface area is 279 Å². The van der Waals surface area contributed by atoms with E-state index in [0.29, 0.717) is 46.7 Å².